The normalized spacial score (nSPS) is 10.9. The molecule has 30 heavy (non-hydrogen) atoms. The second kappa shape index (κ2) is 8.73. The number of hydrogen-bond donors (Lipinski definition) is 1. The molecule has 0 saturated heterocycles. The predicted octanol–water partition coefficient (Wildman–Crippen LogP) is 4.62. The number of fused-ring (bicyclic) bond motifs is 1. The van der Waals surface area contributed by atoms with Gasteiger partial charge in [0.2, 0.25) is 0 Å². The minimum Gasteiger partial charge on any atom is -0.497 e. The number of nitrogens with zero attached hydrogens (tertiary/aromatic N) is 2. The molecule has 0 aliphatic heterocycles. The first-order chi connectivity index (χ1) is 14.5. The molecule has 6 nitrogen and oxygen atoms in total. The van der Waals surface area contributed by atoms with Crippen LogP contribution in [0, 0.1) is 6.92 Å². The summed E-state index contributed by atoms with van der Waals surface area (Å²) in [7, 11) is 1.57. The minimum atomic E-state index is -0.214. The number of carbonyl (C=O) groups is 1. The average molecular weight is 438 g/mol. The Balaban J connectivity index is 1.52. The van der Waals surface area contributed by atoms with E-state index in [4.69, 9.17) is 4.74 Å². The summed E-state index contributed by atoms with van der Waals surface area (Å²) in [6.45, 7) is 1.95. The van der Waals surface area contributed by atoms with E-state index in [1.165, 1.54) is 23.1 Å². The van der Waals surface area contributed by atoms with Crippen LogP contribution < -0.4 is 15.6 Å². The largest absolute Gasteiger partial charge is 0.497 e. The standard InChI is InChI=1S/C22H19N3O3S2/c1-14-12-25-20(26)11-16(23-22(25)30-14)13-29-19-9-4-3-8-18(19)24-21(27)15-6-5-7-17(10-15)28-2/h3-12H,13H2,1-2H3,(H,24,27). The van der Waals surface area contributed by atoms with E-state index < -0.39 is 0 Å². The Morgan fingerprint density at radius 1 is 1.20 bits per heavy atom. The average Bonchev–Trinajstić information content (AvgIpc) is 3.14. The van der Waals surface area contributed by atoms with Crippen LogP contribution in [0.4, 0.5) is 5.69 Å². The Kier molecular flexibility index (Phi) is 5.87. The third-order valence-electron chi connectivity index (χ3n) is 4.38. The molecular weight excluding hydrogens is 418 g/mol. The molecule has 2 aromatic heterocycles. The third-order valence-corrected chi connectivity index (χ3v) is 6.38. The molecule has 4 aromatic rings. The number of methoxy groups -OCH3 is 1. The fourth-order valence-electron chi connectivity index (χ4n) is 2.94. The van der Waals surface area contributed by atoms with Crippen molar-refractivity contribution in [2.45, 2.75) is 17.6 Å². The molecule has 0 spiro atoms. The van der Waals surface area contributed by atoms with E-state index in [1.54, 1.807) is 48.0 Å². The molecular formula is C22H19N3O3S2. The maximum atomic E-state index is 12.7. The number of amides is 1. The van der Waals surface area contributed by atoms with Gasteiger partial charge in [-0.15, -0.1) is 23.1 Å². The lowest BCUT2D eigenvalue weighted by atomic mass is 10.2. The summed E-state index contributed by atoms with van der Waals surface area (Å²) >= 11 is 3.01. The van der Waals surface area contributed by atoms with Crippen LogP contribution in [0.3, 0.4) is 0 Å². The lowest BCUT2D eigenvalue weighted by Gasteiger charge is -2.11. The van der Waals surface area contributed by atoms with E-state index >= 15 is 0 Å². The lowest BCUT2D eigenvalue weighted by molar-refractivity contribution is 0.102. The molecule has 0 radical (unpaired) electrons. The van der Waals surface area contributed by atoms with Gasteiger partial charge in [0.1, 0.15) is 5.75 Å². The van der Waals surface area contributed by atoms with Gasteiger partial charge in [-0.25, -0.2) is 4.98 Å². The monoisotopic (exact) mass is 437 g/mol. The molecule has 0 bridgehead atoms. The fraction of sp³-hybridized carbons (Fsp3) is 0.136. The number of ether oxygens (including phenoxy) is 1. The predicted molar refractivity (Wildman–Crippen MR) is 121 cm³/mol. The molecule has 1 N–H and O–H groups in total. The topological polar surface area (TPSA) is 72.7 Å². The molecule has 1 amide bonds. The maximum absolute atomic E-state index is 12.7. The summed E-state index contributed by atoms with van der Waals surface area (Å²) in [5.74, 6) is 0.935. The first-order valence-electron chi connectivity index (χ1n) is 9.19. The first-order valence-corrected chi connectivity index (χ1v) is 11.0. The van der Waals surface area contributed by atoms with Gasteiger partial charge in [-0.3, -0.25) is 14.0 Å². The number of anilines is 1. The molecule has 0 aliphatic rings. The number of thiazole rings is 1. The number of rotatable bonds is 6. The van der Waals surface area contributed by atoms with Gasteiger partial charge in [-0.05, 0) is 37.3 Å². The molecule has 4 rings (SSSR count). The van der Waals surface area contributed by atoms with Crippen LogP contribution in [-0.4, -0.2) is 22.4 Å². The van der Waals surface area contributed by atoms with Crippen LogP contribution in [0.25, 0.3) is 4.96 Å². The highest BCUT2D eigenvalue weighted by molar-refractivity contribution is 7.98. The van der Waals surface area contributed by atoms with Crippen LogP contribution in [0.5, 0.6) is 5.75 Å². The molecule has 152 valence electrons. The van der Waals surface area contributed by atoms with Gasteiger partial charge >= 0.3 is 0 Å². The Hall–Kier alpha value is -3.10. The molecule has 2 heterocycles. The molecule has 0 aliphatic carbocycles. The zero-order valence-electron chi connectivity index (χ0n) is 16.4. The number of benzene rings is 2. The fourth-order valence-corrected chi connectivity index (χ4v) is 4.69. The molecule has 0 fully saturated rings. The molecule has 0 atom stereocenters. The van der Waals surface area contributed by atoms with Gasteiger partial charge in [0, 0.05) is 33.4 Å². The van der Waals surface area contributed by atoms with Crippen LogP contribution in [0.15, 0.2) is 70.5 Å². The van der Waals surface area contributed by atoms with Crippen molar-refractivity contribution in [3.63, 3.8) is 0 Å². The molecule has 8 heteroatoms. The van der Waals surface area contributed by atoms with E-state index in [1.807, 2.05) is 31.2 Å². The van der Waals surface area contributed by atoms with Gasteiger partial charge in [0.05, 0.1) is 18.5 Å². The summed E-state index contributed by atoms with van der Waals surface area (Å²) in [5.41, 5.74) is 1.85. The van der Waals surface area contributed by atoms with Gasteiger partial charge in [-0.1, -0.05) is 18.2 Å². The Morgan fingerprint density at radius 2 is 2.03 bits per heavy atom. The van der Waals surface area contributed by atoms with E-state index in [0.29, 0.717) is 33.4 Å². The van der Waals surface area contributed by atoms with Crippen molar-refractivity contribution in [2.75, 3.05) is 12.4 Å². The zero-order valence-corrected chi connectivity index (χ0v) is 18.0. The van der Waals surface area contributed by atoms with Crippen LogP contribution in [0.2, 0.25) is 0 Å². The quantitative estimate of drug-likeness (QED) is 0.446. The van der Waals surface area contributed by atoms with Crippen molar-refractivity contribution in [1.82, 2.24) is 9.38 Å². The smallest absolute Gasteiger partial charge is 0.258 e. The maximum Gasteiger partial charge on any atom is 0.258 e. The summed E-state index contributed by atoms with van der Waals surface area (Å²) < 4.78 is 6.76. The first kappa shape index (κ1) is 20.2. The Morgan fingerprint density at radius 3 is 2.87 bits per heavy atom. The van der Waals surface area contributed by atoms with Gasteiger partial charge in [-0.2, -0.15) is 0 Å². The van der Waals surface area contributed by atoms with Crippen molar-refractivity contribution in [1.29, 1.82) is 0 Å². The number of nitrogens with one attached hydrogen (secondary N) is 1. The number of thioether (sulfide) groups is 1. The molecule has 0 saturated carbocycles. The van der Waals surface area contributed by atoms with Gasteiger partial charge in [0.15, 0.2) is 4.96 Å². The summed E-state index contributed by atoms with van der Waals surface area (Å²) in [4.78, 5) is 32.2. The van der Waals surface area contributed by atoms with Gasteiger partial charge < -0.3 is 10.1 Å². The molecule has 0 unspecified atom stereocenters. The van der Waals surface area contributed by atoms with E-state index in [0.717, 1.165) is 9.77 Å². The van der Waals surface area contributed by atoms with E-state index in [2.05, 4.69) is 10.3 Å². The molecule has 2 aromatic carbocycles. The van der Waals surface area contributed by atoms with Crippen molar-refractivity contribution in [2.24, 2.45) is 0 Å². The Bertz CT molecular complexity index is 1280. The Labute approximate surface area is 181 Å². The number of aryl methyl sites for hydroxylation is 1. The number of hydrogen-bond acceptors (Lipinski definition) is 6. The third kappa shape index (κ3) is 4.39. The second-order valence-electron chi connectivity index (χ2n) is 6.55. The minimum absolute atomic E-state index is 0.0837. The van der Waals surface area contributed by atoms with Crippen molar-refractivity contribution < 1.29 is 9.53 Å². The summed E-state index contributed by atoms with van der Waals surface area (Å²) in [5, 5.41) is 2.96. The summed E-state index contributed by atoms with van der Waals surface area (Å²) in [6, 6.07) is 16.1. The highest BCUT2D eigenvalue weighted by atomic mass is 32.2. The number of aromatic nitrogens is 2. The summed E-state index contributed by atoms with van der Waals surface area (Å²) in [6.07, 6.45) is 1.80. The lowest BCUT2D eigenvalue weighted by Crippen LogP contribution is -2.13. The number of para-hydroxylation sites is 1. The second-order valence-corrected chi connectivity index (χ2v) is 8.78. The van der Waals surface area contributed by atoms with Crippen molar-refractivity contribution in [3.8, 4) is 5.75 Å². The van der Waals surface area contributed by atoms with E-state index in [9.17, 15) is 9.59 Å². The van der Waals surface area contributed by atoms with Crippen LogP contribution >= 0.6 is 23.1 Å². The van der Waals surface area contributed by atoms with Crippen molar-refractivity contribution >= 4 is 39.7 Å². The van der Waals surface area contributed by atoms with Crippen LogP contribution in [-0.2, 0) is 5.75 Å². The van der Waals surface area contributed by atoms with E-state index in [-0.39, 0.29) is 11.5 Å². The van der Waals surface area contributed by atoms with Gasteiger partial charge in [0.25, 0.3) is 11.5 Å². The zero-order chi connectivity index (χ0) is 21.1. The highest BCUT2D eigenvalue weighted by Gasteiger charge is 2.12. The SMILES string of the molecule is COc1cccc(C(=O)Nc2ccccc2SCc2cc(=O)n3cc(C)sc3n2)c1. The number of carbonyl (C=O) groups excluding carboxylic acids is 1. The van der Waals surface area contributed by atoms with Crippen molar-refractivity contribution in [3.05, 3.63) is 87.3 Å². The highest BCUT2D eigenvalue weighted by Crippen LogP contribution is 2.30. The van der Waals surface area contributed by atoms with Crippen LogP contribution in [0.1, 0.15) is 20.9 Å².